The number of hydrogen-bond acceptors (Lipinski definition) is 8. The lowest BCUT2D eigenvalue weighted by atomic mass is 10.2. The van der Waals surface area contributed by atoms with Gasteiger partial charge in [-0.1, -0.05) is 54.6 Å². The van der Waals surface area contributed by atoms with Crippen LogP contribution in [0, 0.1) is 0 Å². The molecule has 208 valence electrons. The second kappa shape index (κ2) is 11.1. The first-order valence-corrected chi connectivity index (χ1v) is 13.4. The lowest BCUT2D eigenvalue weighted by Gasteiger charge is -2.23. The quantitative estimate of drug-likeness (QED) is 0.330. The number of nitrogens with one attached hydrogen (secondary N) is 2. The second-order valence-electron chi connectivity index (χ2n) is 10.0. The zero-order chi connectivity index (χ0) is 28.3. The van der Waals surface area contributed by atoms with E-state index in [9.17, 15) is 9.59 Å². The number of nitrogens with zero attached hydrogens (tertiary/aromatic N) is 6. The van der Waals surface area contributed by atoms with Gasteiger partial charge in [-0.2, -0.15) is 4.52 Å². The van der Waals surface area contributed by atoms with Crippen LogP contribution in [-0.4, -0.2) is 76.3 Å². The first-order valence-electron chi connectivity index (χ1n) is 13.4. The summed E-state index contributed by atoms with van der Waals surface area (Å²) in [5.74, 6) is 0.637. The van der Waals surface area contributed by atoms with Gasteiger partial charge in [-0.15, -0.1) is 5.10 Å². The maximum Gasteiger partial charge on any atom is 0.410 e. The molecule has 2 aromatic heterocycles. The molecule has 3 heterocycles. The van der Waals surface area contributed by atoms with Crippen LogP contribution in [0.25, 0.3) is 27.9 Å². The van der Waals surface area contributed by atoms with Crippen LogP contribution in [-0.2, 0) is 16.1 Å². The number of para-hydroxylation sites is 1. The summed E-state index contributed by atoms with van der Waals surface area (Å²) in [6.07, 6.45) is -0.488. The number of hydrogen-bond donors (Lipinski definition) is 2. The van der Waals surface area contributed by atoms with E-state index in [1.165, 1.54) is 4.90 Å². The molecular weight excluding hydrogens is 520 g/mol. The van der Waals surface area contributed by atoms with E-state index in [0.29, 0.717) is 36.0 Å². The van der Waals surface area contributed by atoms with Crippen LogP contribution < -0.4 is 15.5 Å². The van der Waals surface area contributed by atoms with E-state index < -0.39 is 12.1 Å². The Morgan fingerprint density at radius 2 is 1.85 bits per heavy atom. The van der Waals surface area contributed by atoms with E-state index in [-0.39, 0.29) is 19.1 Å². The lowest BCUT2D eigenvalue weighted by Crippen LogP contribution is -2.44. The molecule has 1 fully saturated rings. The summed E-state index contributed by atoms with van der Waals surface area (Å²) in [6.45, 7) is 0.892. The van der Waals surface area contributed by atoms with Gasteiger partial charge < -0.3 is 25.2 Å². The normalized spacial score (nSPS) is 15.4. The van der Waals surface area contributed by atoms with Gasteiger partial charge in [0.05, 0.1) is 12.1 Å². The summed E-state index contributed by atoms with van der Waals surface area (Å²) in [5.41, 5.74) is 4.08. The molecule has 3 aromatic carbocycles. The zero-order valence-corrected chi connectivity index (χ0v) is 22.8. The third-order valence-electron chi connectivity index (χ3n) is 6.97. The molecule has 0 bridgehead atoms. The molecule has 6 rings (SSSR count). The van der Waals surface area contributed by atoms with Gasteiger partial charge in [-0.25, -0.2) is 14.8 Å². The number of anilines is 2. The van der Waals surface area contributed by atoms with E-state index in [1.807, 2.05) is 97.9 Å². The maximum atomic E-state index is 13.1. The standard InChI is InChI=1S/C30H30N8O3/c1-36(2)22-12-8-11-21(17-22)26-34-27-23-13-6-7-14-24(23)32-29(38(27)35-26)33-25-18-37(16-15-31-28(25)39)30(40)41-19-20-9-4-3-5-10-20/h3-14,17,25H,15-16,18-19H2,1-2H3,(H,31,39)(H,32,33)/t25-/m1/s1. The molecule has 0 unspecified atom stereocenters. The highest BCUT2D eigenvalue weighted by Crippen LogP contribution is 2.26. The van der Waals surface area contributed by atoms with Crippen molar-refractivity contribution < 1.29 is 14.3 Å². The van der Waals surface area contributed by atoms with Crippen LogP contribution in [0.15, 0.2) is 78.9 Å². The molecule has 1 saturated heterocycles. The third-order valence-corrected chi connectivity index (χ3v) is 6.97. The molecule has 11 nitrogen and oxygen atoms in total. The van der Waals surface area contributed by atoms with Crippen LogP contribution in [0.4, 0.5) is 16.4 Å². The summed E-state index contributed by atoms with van der Waals surface area (Å²) in [5, 5.41) is 11.7. The second-order valence-corrected chi connectivity index (χ2v) is 10.0. The van der Waals surface area contributed by atoms with Crippen molar-refractivity contribution in [2.75, 3.05) is 43.9 Å². The van der Waals surface area contributed by atoms with Gasteiger partial charge in [0.1, 0.15) is 12.6 Å². The fourth-order valence-electron chi connectivity index (χ4n) is 4.77. The van der Waals surface area contributed by atoms with Crippen LogP contribution in [0.3, 0.4) is 0 Å². The Balaban J connectivity index is 1.31. The van der Waals surface area contributed by atoms with Crippen molar-refractivity contribution in [1.29, 1.82) is 0 Å². The molecule has 1 aliphatic heterocycles. The number of rotatable bonds is 6. The molecule has 2 amide bonds. The van der Waals surface area contributed by atoms with Gasteiger partial charge in [0.25, 0.3) is 0 Å². The topological polar surface area (TPSA) is 117 Å². The highest BCUT2D eigenvalue weighted by atomic mass is 16.6. The molecule has 5 aromatic rings. The number of amides is 2. The molecule has 41 heavy (non-hydrogen) atoms. The van der Waals surface area contributed by atoms with Crippen molar-refractivity contribution in [2.24, 2.45) is 0 Å². The Bertz CT molecular complexity index is 1720. The van der Waals surface area contributed by atoms with Crippen molar-refractivity contribution in [1.82, 2.24) is 29.8 Å². The molecule has 0 saturated carbocycles. The average molecular weight is 551 g/mol. The SMILES string of the molecule is CN(C)c1cccc(-c2nc3c4ccccc4nc(N[C@@H]4CN(C(=O)OCc5ccccc5)CCNC4=O)n3n2)c1. The largest absolute Gasteiger partial charge is 0.445 e. The minimum Gasteiger partial charge on any atom is -0.445 e. The van der Waals surface area contributed by atoms with Gasteiger partial charge >= 0.3 is 6.09 Å². The molecular formula is C30H30N8O3. The van der Waals surface area contributed by atoms with Gasteiger partial charge in [0, 0.05) is 43.8 Å². The minimum absolute atomic E-state index is 0.0991. The average Bonchev–Trinajstić information content (AvgIpc) is 3.37. The molecule has 1 atom stereocenters. The van der Waals surface area contributed by atoms with E-state index >= 15 is 0 Å². The number of carbonyl (C=O) groups is 2. The van der Waals surface area contributed by atoms with Crippen LogP contribution in [0.5, 0.6) is 0 Å². The monoisotopic (exact) mass is 550 g/mol. The van der Waals surface area contributed by atoms with Crippen molar-refractivity contribution in [3.63, 3.8) is 0 Å². The number of benzene rings is 3. The van der Waals surface area contributed by atoms with E-state index in [2.05, 4.69) is 10.6 Å². The summed E-state index contributed by atoms with van der Waals surface area (Å²) in [6, 6.07) is 24.3. The van der Waals surface area contributed by atoms with Crippen molar-refractivity contribution >= 4 is 40.2 Å². The highest BCUT2D eigenvalue weighted by molar-refractivity contribution is 5.93. The summed E-state index contributed by atoms with van der Waals surface area (Å²) >= 11 is 0. The molecule has 1 aliphatic rings. The lowest BCUT2D eigenvalue weighted by molar-refractivity contribution is -0.121. The summed E-state index contributed by atoms with van der Waals surface area (Å²) < 4.78 is 7.16. The van der Waals surface area contributed by atoms with E-state index in [4.69, 9.17) is 19.8 Å². The first-order chi connectivity index (χ1) is 20.0. The Kier molecular flexibility index (Phi) is 7.07. The Morgan fingerprint density at radius 1 is 1.05 bits per heavy atom. The summed E-state index contributed by atoms with van der Waals surface area (Å²) in [4.78, 5) is 39.2. The Morgan fingerprint density at radius 3 is 2.68 bits per heavy atom. The summed E-state index contributed by atoms with van der Waals surface area (Å²) in [7, 11) is 3.96. The Labute approximate surface area is 236 Å². The predicted octanol–water partition coefficient (Wildman–Crippen LogP) is 3.56. The van der Waals surface area contributed by atoms with Gasteiger partial charge in [-0.05, 0) is 29.8 Å². The van der Waals surface area contributed by atoms with E-state index in [1.54, 1.807) is 4.52 Å². The fraction of sp³-hybridized carbons (Fsp3) is 0.233. The first kappa shape index (κ1) is 26.1. The van der Waals surface area contributed by atoms with Crippen LogP contribution in [0.1, 0.15) is 5.56 Å². The highest BCUT2D eigenvalue weighted by Gasteiger charge is 2.30. The minimum atomic E-state index is -0.789. The van der Waals surface area contributed by atoms with Crippen LogP contribution in [0.2, 0.25) is 0 Å². The third kappa shape index (κ3) is 5.46. The molecule has 0 aliphatic carbocycles. The fourth-order valence-corrected chi connectivity index (χ4v) is 4.77. The smallest absolute Gasteiger partial charge is 0.410 e. The van der Waals surface area contributed by atoms with Gasteiger partial charge in [0.2, 0.25) is 11.9 Å². The molecule has 0 radical (unpaired) electrons. The van der Waals surface area contributed by atoms with Gasteiger partial charge in [0.15, 0.2) is 11.5 Å². The van der Waals surface area contributed by atoms with Gasteiger partial charge in [-0.3, -0.25) is 4.79 Å². The molecule has 0 spiro atoms. The number of fused-ring (bicyclic) bond motifs is 3. The number of carbonyl (C=O) groups excluding carboxylic acids is 2. The maximum absolute atomic E-state index is 13.1. The molecule has 2 N–H and O–H groups in total. The zero-order valence-electron chi connectivity index (χ0n) is 22.8. The number of aromatic nitrogens is 4. The predicted molar refractivity (Wildman–Crippen MR) is 157 cm³/mol. The van der Waals surface area contributed by atoms with Crippen molar-refractivity contribution in [2.45, 2.75) is 12.6 Å². The Hall–Kier alpha value is -5.19. The van der Waals surface area contributed by atoms with Crippen molar-refractivity contribution in [3.05, 3.63) is 84.4 Å². The van der Waals surface area contributed by atoms with Crippen LogP contribution >= 0.6 is 0 Å². The van der Waals surface area contributed by atoms with E-state index in [0.717, 1.165) is 22.2 Å². The molecule has 11 heteroatoms. The number of ether oxygens (including phenoxy) is 1. The van der Waals surface area contributed by atoms with Crippen molar-refractivity contribution in [3.8, 4) is 11.4 Å².